The summed E-state index contributed by atoms with van der Waals surface area (Å²) in [6.07, 6.45) is 0.303. The maximum absolute atomic E-state index is 12.7. The number of rotatable bonds is 12. The molecular weight excluding hydrogens is 485 g/mol. The lowest BCUT2D eigenvalue weighted by Gasteiger charge is -2.09. The fourth-order valence-electron chi connectivity index (χ4n) is 3.56. The highest BCUT2D eigenvalue weighted by atomic mass is 19.4. The summed E-state index contributed by atoms with van der Waals surface area (Å²) in [5, 5.41) is 2.66. The number of nitrogens with zero attached hydrogens (tertiary/aromatic N) is 1. The highest BCUT2D eigenvalue weighted by Gasteiger charge is 2.30. The molecule has 0 aliphatic rings. The molecule has 9 heteroatoms. The minimum absolute atomic E-state index is 0.120. The number of carbonyl (C=O) groups is 2. The van der Waals surface area contributed by atoms with Gasteiger partial charge in [-0.1, -0.05) is 24.3 Å². The number of ether oxygens (including phenoxy) is 2. The summed E-state index contributed by atoms with van der Waals surface area (Å²) in [7, 11) is 1.30. The Morgan fingerprint density at radius 3 is 2.27 bits per heavy atom. The van der Waals surface area contributed by atoms with E-state index in [4.69, 9.17) is 4.74 Å². The Kier molecular flexibility index (Phi) is 10.1. The second-order valence-corrected chi connectivity index (χ2v) is 8.39. The first kappa shape index (κ1) is 27.7. The van der Waals surface area contributed by atoms with Crippen molar-refractivity contribution in [3.63, 3.8) is 0 Å². The van der Waals surface area contributed by atoms with Gasteiger partial charge in [-0.2, -0.15) is 13.2 Å². The first-order valence-electron chi connectivity index (χ1n) is 12.0. The van der Waals surface area contributed by atoms with Crippen LogP contribution in [0, 0.1) is 0 Å². The predicted molar refractivity (Wildman–Crippen MR) is 133 cm³/mol. The average Bonchev–Trinajstić information content (AvgIpc) is 2.90. The van der Waals surface area contributed by atoms with Gasteiger partial charge in [0.2, 0.25) is 0 Å². The van der Waals surface area contributed by atoms with Crippen LogP contribution in [0.15, 0.2) is 66.9 Å². The summed E-state index contributed by atoms with van der Waals surface area (Å²) >= 11 is 0. The molecule has 1 aromatic heterocycles. The van der Waals surface area contributed by atoms with Crippen molar-refractivity contribution >= 4 is 11.9 Å². The third-order valence-corrected chi connectivity index (χ3v) is 5.68. The molecule has 0 saturated heterocycles. The van der Waals surface area contributed by atoms with Gasteiger partial charge in [0.15, 0.2) is 0 Å². The molecule has 0 atom stereocenters. The van der Waals surface area contributed by atoms with Crippen LogP contribution in [0.3, 0.4) is 0 Å². The number of amides is 1. The van der Waals surface area contributed by atoms with E-state index in [0.29, 0.717) is 23.6 Å². The van der Waals surface area contributed by atoms with Gasteiger partial charge in [-0.25, -0.2) is 0 Å². The fourth-order valence-corrected chi connectivity index (χ4v) is 3.56. The average molecular weight is 515 g/mol. The van der Waals surface area contributed by atoms with Crippen molar-refractivity contribution in [3.8, 4) is 17.0 Å². The second-order valence-electron chi connectivity index (χ2n) is 8.39. The summed E-state index contributed by atoms with van der Waals surface area (Å²) in [4.78, 5) is 27.1. The van der Waals surface area contributed by atoms with Crippen LogP contribution in [-0.2, 0) is 22.1 Å². The Bertz CT molecular complexity index is 1150. The summed E-state index contributed by atoms with van der Waals surface area (Å²) in [5.41, 5.74) is 2.15. The summed E-state index contributed by atoms with van der Waals surface area (Å²) in [6.45, 7) is 0.771. The zero-order valence-corrected chi connectivity index (χ0v) is 20.5. The first-order valence-corrected chi connectivity index (χ1v) is 12.0. The molecule has 37 heavy (non-hydrogen) atoms. The number of esters is 1. The molecule has 2 aromatic carbocycles. The van der Waals surface area contributed by atoms with Crippen molar-refractivity contribution < 1.29 is 32.2 Å². The standard InChI is InChI=1S/C28H29F3N2O4/c1-36-26(34)16-17-32-27(35)22-10-13-24(14-11-22)37-18-4-2-3-5-20-6-8-21(9-7-20)25-15-12-23(19-33-25)28(29,30)31/h6-15,19H,2-5,16-18H2,1H3,(H,32,35). The Morgan fingerprint density at radius 1 is 0.919 bits per heavy atom. The molecule has 3 rings (SSSR count). The number of nitrogens with one attached hydrogen (secondary N) is 1. The van der Waals surface area contributed by atoms with Gasteiger partial charge in [-0.05, 0) is 67.6 Å². The molecule has 1 heterocycles. The number of hydrogen-bond acceptors (Lipinski definition) is 5. The van der Waals surface area contributed by atoms with Crippen LogP contribution in [-0.4, -0.2) is 37.1 Å². The zero-order chi connectivity index (χ0) is 26.7. The number of aromatic nitrogens is 1. The lowest BCUT2D eigenvalue weighted by Crippen LogP contribution is -2.26. The van der Waals surface area contributed by atoms with E-state index in [9.17, 15) is 22.8 Å². The van der Waals surface area contributed by atoms with E-state index in [1.165, 1.54) is 13.2 Å². The zero-order valence-electron chi connectivity index (χ0n) is 20.5. The second kappa shape index (κ2) is 13.4. The number of benzene rings is 2. The Labute approximate surface area is 213 Å². The van der Waals surface area contributed by atoms with Gasteiger partial charge in [0.05, 0.1) is 31.4 Å². The van der Waals surface area contributed by atoms with Gasteiger partial charge < -0.3 is 14.8 Å². The third kappa shape index (κ3) is 8.93. The molecule has 0 unspecified atom stereocenters. The number of methoxy groups -OCH3 is 1. The lowest BCUT2D eigenvalue weighted by atomic mass is 10.0. The topological polar surface area (TPSA) is 77.5 Å². The van der Waals surface area contributed by atoms with Crippen LogP contribution in [0.4, 0.5) is 13.2 Å². The fraction of sp³-hybridized carbons (Fsp3) is 0.321. The monoisotopic (exact) mass is 514 g/mol. The van der Waals surface area contributed by atoms with Crippen LogP contribution in [0.5, 0.6) is 5.75 Å². The number of halogens is 3. The number of pyridine rings is 1. The summed E-state index contributed by atoms with van der Waals surface area (Å²) < 4.78 is 48.3. The van der Waals surface area contributed by atoms with Gasteiger partial charge in [0, 0.05) is 23.9 Å². The molecule has 1 amide bonds. The molecule has 1 N–H and O–H groups in total. The number of hydrogen-bond donors (Lipinski definition) is 1. The van der Waals surface area contributed by atoms with E-state index < -0.39 is 11.7 Å². The van der Waals surface area contributed by atoms with Crippen LogP contribution in [0.1, 0.15) is 47.2 Å². The molecule has 0 aliphatic carbocycles. The minimum atomic E-state index is -4.39. The molecule has 0 fully saturated rings. The van der Waals surface area contributed by atoms with E-state index in [-0.39, 0.29) is 24.8 Å². The largest absolute Gasteiger partial charge is 0.494 e. The predicted octanol–water partition coefficient (Wildman–Crippen LogP) is 5.85. The third-order valence-electron chi connectivity index (χ3n) is 5.68. The molecule has 0 bridgehead atoms. The van der Waals surface area contributed by atoms with Gasteiger partial charge in [-0.15, -0.1) is 0 Å². The first-order chi connectivity index (χ1) is 17.8. The Balaban J connectivity index is 1.33. The van der Waals surface area contributed by atoms with E-state index >= 15 is 0 Å². The van der Waals surface area contributed by atoms with Gasteiger partial charge in [0.1, 0.15) is 5.75 Å². The van der Waals surface area contributed by atoms with Gasteiger partial charge >= 0.3 is 12.1 Å². The maximum atomic E-state index is 12.7. The molecule has 0 saturated carbocycles. The van der Waals surface area contributed by atoms with Gasteiger partial charge in [0.25, 0.3) is 5.91 Å². The smallest absolute Gasteiger partial charge is 0.417 e. The Hall–Kier alpha value is -3.88. The molecular formula is C28H29F3N2O4. The van der Waals surface area contributed by atoms with Crippen molar-refractivity contribution in [1.82, 2.24) is 10.3 Å². The quantitative estimate of drug-likeness (QED) is 0.242. The van der Waals surface area contributed by atoms with Crippen molar-refractivity contribution in [2.45, 2.75) is 38.3 Å². The maximum Gasteiger partial charge on any atom is 0.417 e. The Morgan fingerprint density at radius 2 is 1.65 bits per heavy atom. The van der Waals surface area contributed by atoms with Crippen LogP contribution in [0.2, 0.25) is 0 Å². The van der Waals surface area contributed by atoms with Gasteiger partial charge in [-0.3, -0.25) is 14.6 Å². The summed E-state index contributed by atoms with van der Waals surface area (Å²) in [6, 6.07) is 16.9. The highest BCUT2D eigenvalue weighted by molar-refractivity contribution is 5.94. The number of aryl methyl sites for hydroxylation is 1. The van der Waals surface area contributed by atoms with Crippen molar-refractivity contribution in [1.29, 1.82) is 0 Å². The normalized spacial score (nSPS) is 11.1. The molecule has 3 aromatic rings. The molecule has 196 valence electrons. The van der Waals surface area contributed by atoms with E-state index in [0.717, 1.165) is 49.1 Å². The van der Waals surface area contributed by atoms with Crippen LogP contribution >= 0.6 is 0 Å². The number of alkyl halides is 3. The number of unbranched alkanes of at least 4 members (excludes halogenated alkanes) is 2. The van der Waals surface area contributed by atoms with E-state index in [1.54, 1.807) is 24.3 Å². The van der Waals surface area contributed by atoms with Crippen molar-refractivity contribution in [2.75, 3.05) is 20.3 Å². The molecule has 6 nitrogen and oxygen atoms in total. The van der Waals surface area contributed by atoms with Crippen molar-refractivity contribution in [3.05, 3.63) is 83.6 Å². The van der Waals surface area contributed by atoms with E-state index in [2.05, 4.69) is 15.0 Å². The number of carbonyl (C=O) groups excluding carboxylic acids is 2. The molecule has 0 radical (unpaired) electrons. The van der Waals surface area contributed by atoms with Crippen molar-refractivity contribution in [2.24, 2.45) is 0 Å². The lowest BCUT2D eigenvalue weighted by molar-refractivity contribution is -0.140. The molecule has 0 aliphatic heterocycles. The van der Waals surface area contributed by atoms with Crippen LogP contribution < -0.4 is 10.1 Å². The SMILES string of the molecule is COC(=O)CCNC(=O)c1ccc(OCCCCCc2ccc(-c3ccc(C(F)(F)F)cn3)cc2)cc1. The highest BCUT2D eigenvalue weighted by Crippen LogP contribution is 2.29. The van der Waals surface area contributed by atoms with E-state index in [1.807, 2.05) is 24.3 Å². The summed E-state index contributed by atoms with van der Waals surface area (Å²) in [5.74, 6) is 0.0360. The minimum Gasteiger partial charge on any atom is -0.494 e. The van der Waals surface area contributed by atoms with Crippen LogP contribution in [0.25, 0.3) is 11.3 Å². The molecule has 0 spiro atoms.